The highest BCUT2D eigenvalue weighted by atomic mass is 32.2. The van der Waals surface area contributed by atoms with Crippen molar-refractivity contribution >= 4 is 39.4 Å². The zero-order valence-electron chi connectivity index (χ0n) is 15.6. The molecule has 8 nitrogen and oxygen atoms in total. The second-order valence-corrected chi connectivity index (χ2v) is 9.07. The third-order valence-electron chi connectivity index (χ3n) is 4.44. The lowest BCUT2D eigenvalue weighted by atomic mass is 10.1. The van der Waals surface area contributed by atoms with Crippen molar-refractivity contribution in [3.8, 4) is 0 Å². The lowest BCUT2D eigenvalue weighted by Crippen LogP contribution is -2.49. The molecular formula is C19H22N4O4S2. The number of carbonyl (C=O) groups is 2. The van der Waals surface area contributed by atoms with Crippen LogP contribution < -0.4 is 15.8 Å². The van der Waals surface area contributed by atoms with Crippen LogP contribution >= 0.6 is 11.8 Å². The molecule has 3 amide bonds. The third-order valence-corrected chi connectivity index (χ3v) is 6.38. The van der Waals surface area contributed by atoms with E-state index in [9.17, 15) is 18.0 Å². The first-order valence-corrected chi connectivity index (χ1v) is 11.6. The van der Waals surface area contributed by atoms with Crippen LogP contribution in [0, 0.1) is 0 Å². The largest absolute Gasteiger partial charge is 0.354 e. The molecule has 0 radical (unpaired) electrons. The van der Waals surface area contributed by atoms with E-state index in [0.29, 0.717) is 30.3 Å². The lowest BCUT2D eigenvalue weighted by Gasteiger charge is -2.23. The van der Waals surface area contributed by atoms with E-state index >= 15 is 0 Å². The number of sulfonamides is 1. The number of urea groups is 1. The third kappa shape index (κ3) is 5.72. The second kappa shape index (κ2) is 9.29. The number of carbonyl (C=O) groups excluding carboxylic acids is 2. The maximum atomic E-state index is 12.5. The van der Waals surface area contributed by atoms with Crippen molar-refractivity contribution < 1.29 is 18.0 Å². The number of primary sulfonamides is 1. The number of nitrogens with two attached hydrogens (primary N) is 1. The molecule has 1 fully saturated rings. The standard InChI is InChI=1S/C19H22N4O4S2/c20-29(26,27)16-8-6-14(7-9-16)10-11-21-18(24)17-12-28-13-23(17)19(25)22-15-4-2-1-3-5-15/h1-9,17H,10-13H2,(H,21,24)(H,22,25)(H2,20,26,27)/t17-/m0/s1. The molecule has 1 aliphatic rings. The Hall–Kier alpha value is -2.56. The summed E-state index contributed by atoms with van der Waals surface area (Å²) in [7, 11) is -3.72. The molecule has 0 aromatic heterocycles. The van der Waals surface area contributed by atoms with Crippen molar-refractivity contribution in [1.82, 2.24) is 10.2 Å². The van der Waals surface area contributed by atoms with E-state index in [4.69, 9.17) is 5.14 Å². The van der Waals surface area contributed by atoms with Crippen molar-refractivity contribution in [3.05, 3.63) is 60.2 Å². The highest BCUT2D eigenvalue weighted by molar-refractivity contribution is 7.99. The van der Waals surface area contributed by atoms with Crippen molar-refractivity contribution in [3.63, 3.8) is 0 Å². The molecule has 29 heavy (non-hydrogen) atoms. The number of nitrogens with zero attached hydrogens (tertiary/aromatic N) is 1. The molecule has 10 heteroatoms. The SMILES string of the molecule is NS(=O)(=O)c1ccc(CCNC(=O)[C@@H]2CSCN2C(=O)Nc2ccccc2)cc1. The van der Waals surface area contributed by atoms with Crippen LogP contribution in [0.15, 0.2) is 59.5 Å². The van der Waals surface area contributed by atoms with Crippen LogP contribution in [0.25, 0.3) is 0 Å². The van der Waals surface area contributed by atoms with Crippen molar-refractivity contribution in [2.24, 2.45) is 5.14 Å². The van der Waals surface area contributed by atoms with Gasteiger partial charge in [-0.05, 0) is 36.2 Å². The minimum absolute atomic E-state index is 0.0494. The molecule has 2 aromatic rings. The van der Waals surface area contributed by atoms with E-state index in [1.807, 2.05) is 18.2 Å². The maximum absolute atomic E-state index is 12.5. The van der Waals surface area contributed by atoms with E-state index in [1.54, 1.807) is 24.3 Å². The summed E-state index contributed by atoms with van der Waals surface area (Å²) in [5.41, 5.74) is 1.55. The molecule has 0 spiro atoms. The molecule has 0 unspecified atom stereocenters. The predicted molar refractivity (Wildman–Crippen MR) is 113 cm³/mol. The average Bonchev–Trinajstić information content (AvgIpc) is 3.18. The normalized spacial score (nSPS) is 16.4. The van der Waals surface area contributed by atoms with Gasteiger partial charge >= 0.3 is 6.03 Å². The average molecular weight is 435 g/mol. The number of nitrogens with one attached hydrogen (secondary N) is 2. The Morgan fingerprint density at radius 2 is 1.79 bits per heavy atom. The van der Waals surface area contributed by atoms with Crippen LogP contribution in [-0.2, 0) is 21.2 Å². The molecule has 2 aromatic carbocycles. The number of rotatable bonds is 6. The van der Waals surface area contributed by atoms with Crippen molar-refractivity contribution in [2.75, 3.05) is 23.5 Å². The maximum Gasteiger partial charge on any atom is 0.323 e. The van der Waals surface area contributed by atoms with Crippen molar-refractivity contribution in [2.45, 2.75) is 17.4 Å². The number of benzene rings is 2. The molecule has 1 aliphatic heterocycles. The van der Waals surface area contributed by atoms with Crippen molar-refractivity contribution in [1.29, 1.82) is 0 Å². The molecule has 0 bridgehead atoms. The number of hydrogen-bond donors (Lipinski definition) is 3. The smallest absolute Gasteiger partial charge is 0.323 e. The van der Waals surface area contributed by atoms with E-state index in [0.717, 1.165) is 5.56 Å². The molecule has 0 saturated carbocycles. The van der Waals surface area contributed by atoms with Gasteiger partial charge in [0, 0.05) is 18.0 Å². The summed E-state index contributed by atoms with van der Waals surface area (Å²) in [5, 5.41) is 10.7. The van der Waals surface area contributed by atoms with Gasteiger partial charge in [-0.15, -0.1) is 11.8 Å². The Balaban J connectivity index is 1.51. The summed E-state index contributed by atoms with van der Waals surface area (Å²) in [4.78, 5) is 26.6. The topological polar surface area (TPSA) is 122 Å². The Kier molecular flexibility index (Phi) is 6.78. The lowest BCUT2D eigenvalue weighted by molar-refractivity contribution is -0.124. The first kappa shape index (κ1) is 21.2. The van der Waals surface area contributed by atoms with Crippen LogP contribution in [0.1, 0.15) is 5.56 Å². The summed E-state index contributed by atoms with van der Waals surface area (Å²) in [6.45, 7) is 0.378. The zero-order valence-corrected chi connectivity index (χ0v) is 17.2. The second-order valence-electron chi connectivity index (χ2n) is 6.51. The molecule has 1 saturated heterocycles. The minimum atomic E-state index is -3.72. The van der Waals surface area contributed by atoms with E-state index in [2.05, 4.69) is 10.6 Å². The zero-order chi connectivity index (χ0) is 20.9. The van der Waals surface area contributed by atoms with Gasteiger partial charge in [-0.3, -0.25) is 4.79 Å². The minimum Gasteiger partial charge on any atom is -0.354 e. The summed E-state index contributed by atoms with van der Waals surface area (Å²) >= 11 is 1.53. The monoisotopic (exact) mass is 434 g/mol. The van der Waals surface area contributed by atoms with Crippen LogP contribution in [-0.4, -0.2) is 49.5 Å². The summed E-state index contributed by atoms with van der Waals surface area (Å²) in [6.07, 6.45) is 0.534. The van der Waals surface area contributed by atoms with Gasteiger partial charge in [0.1, 0.15) is 6.04 Å². The van der Waals surface area contributed by atoms with Crippen LogP contribution in [0.3, 0.4) is 0 Å². The van der Waals surface area contributed by atoms with Gasteiger partial charge in [0.15, 0.2) is 0 Å². The number of amides is 3. The van der Waals surface area contributed by atoms with Gasteiger partial charge in [-0.2, -0.15) is 0 Å². The molecule has 1 atom stereocenters. The van der Waals surface area contributed by atoms with Crippen LogP contribution in [0.2, 0.25) is 0 Å². The molecule has 1 heterocycles. The van der Waals surface area contributed by atoms with Gasteiger partial charge in [-0.1, -0.05) is 30.3 Å². The van der Waals surface area contributed by atoms with E-state index < -0.39 is 16.1 Å². The van der Waals surface area contributed by atoms with Gasteiger partial charge < -0.3 is 15.5 Å². The summed E-state index contributed by atoms with van der Waals surface area (Å²) in [6, 6.07) is 14.5. The number of para-hydroxylation sites is 1. The number of anilines is 1. The first-order valence-electron chi connectivity index (χ1n) is 8.94. The van der Waals surface area contributed by atoms with E-state index in [1.165, 1.54) is 28.8 Å². The summed E-state index contributed by atoms with van der Waals surface area (Å²) < 4.78 is 22.6. The quantitative estimate of drug-likeness (QED) is 0.638. The van der Waals surface area contributed by atoms with Gasteiger partial charge in [0.2, 0.25) is 15.9 Å². The molecular weight excluding hydrogens is 412 g/mol. The Bertz CT molecular complexity index is 965. The highest BCUT2D eigenvalue weighted by Crippen LogP contribution is 2.22. The fraction of sp³-hybridized carbons (Fsp3) is 0.263. The van der Waals surface area contributed by atoms with Crippen LogP contribution in [0.4, 0.5) is 10.5 Å². The fourth-order valence-electron chi connectivity index (χ4n) is 2.87. The van der Waals surface area contributed by atoms with Gasteiger partial charge in [0.05, 0.1) is 10.8 Å². The molecule has 154 valence electrons. The number of thioether (sulfide) groups is 1. The van der Waals surface area contributed by atoms with E-state index in [-0.39, 0.29) is 16.8 Å². The van der Waals surface area contributed by atoms with Gasteiger partial charge in [0.25, 0.3) is 0 Å². The highest BCUT2D eigenvalue weighted by Gasteiger charge is 2.34. The Morgan fingerprint density at radius 1 is 1.10 bits per heavy atom. The predicted octanol–water partition coefficient (Wildman–Crippen LogP) is 1.60. The Morgan fingerprint density at radius 3 is 2.45 bits per heavy atom. The van der Waals surface area contributed by atoms with Crippen LogP contribution in [0.5, 0.6) is 0 Å². The fourth-order valence-corrected chi connectivity index (χ4v) is 4.54. The number of hydrogen-bond acceptors (Lipinski definition) is 5. The Labute approximate surface area is 173 Å². The first-order chi connectivity index (χ1) is 13.8. The summed E-state index contributed by atoms with van der Waals surface area (Å²) in [5.74, 6) is 0.780. The molecule has 0 aliphatic carbocycles. The molecule has 4 N–H and O–H groups in total. The molecule has 3 rings (SSSR count). The van der Waals surface area contributed by atoms with Gasteiger partial charge in [-0.25, -0.2) is 18.4 Å².